The molecular weight excluding hydrogens is 338 g/mol. The van der Waals surface area contributed by atoms with Gasteiger partial charge in [0.25, 0.3) is 0 Å². The first-order chi connectivity index (χ1) is 10.5. The van der Waals surface area contributed by atoms with Crippen LogP contribution in [-0.4, -0.2) is 30.1 Å². The molecule has 3 heteroatoms. The van der Waals surface area contributed by atoms with E-state index in [1.54, 1.807) is 0 Å². The van der Waals surface area contributed by atoms with Gasteiger partial charge >= 0.3 is 0 Å². The highest BCUT2D eigenvalue weighted by Gasteiger charge is 2.18. The van der Waals surface area contributed by atoms with Crippen LogP contribution in [0, 0.1) is 0 Å². The predicted molar refractivity (Wildman–Crippen MR) is 97.3 cm³/mol. The first-order valence-corrected chi connectivity index (χ1v) is 8.23. The van der Waals surface area contributed by atoms with E-state index >= 15 is 0 Å². The highest BCUT2D eigenvalue weighted by Crippen LogP contribution is 2.33. The number of aliphatic hydroxyl groups is 1. The Balaban J connectivity index is 2.21. The van der Waals surface area contributed by atoms with Gasteiger partial charge in [-0.15, -0.1) is 0 Å². The second kappa shape index (κ2) is 5.99. The molecule has 0 radical (unpaired) electrons. The molecule has 0 aliphatic heterocycles. The van der Waals surface area contributed by atoms with Crippen molar-refractivity contribution in [3.05, 3.63) is 58.6 Å². The molecule has 0 amide bonds. The van der Waals surface area contributed by atoms with Gasteiger partial charge in [0.2, 0.25) is 0 Å². The van der Waals surface area contributed by atoms with E-state index in [0.717, 1.165) is 10.0 Å². The van der Waals surface area contributed by atoms with E-state index in [2.05, 4.69) is 52.3 Å². The van der Waals surface area contributed by atoms with Crippen LogP contribution in [0.4, 0.5) is 0 Å². The molecule has 0 aromatic heterocycles. The predicted octanol–water partition coefficient (Wildman–Crippen LogP) is 4.74. The Hall–Kier alpha value is -1.42. The quantitative estimate of drug-likeness (QED) is 0.684. The maximum Gasteiger partial charge on any atom is 0.0942 e. The minimum absolute atomic E-state index is 0.0687. The molecule has 0 aliphatic carbocycles. The van der Waals surface area contributed by atoms with Crippen molar-refractivity contribution >= 4 is 37.5 Å². The van der Waals surface area contributed by atoms with Gasteiger partial charge in [-0.3, -0.25) is 0 Å². The second-order valence-corrected chi connectivity index (χ2v) is 6.89. The fourth-order valence-corrected chi connectivity index (χ4v) is 3.41. The fraction of sp³-hybridized carbons (Fsp3) is 0.263. The third kappa shape index (κ3) is 2.65. The Morgan fingerprint density at radius 1 is 0.955 bits per heavy atom. The van der Waals surface area contributed by atoms with Gasteiger partial charge in [-0.05, 0) is 60.3 Å². The molecule has 1 N–H and O–H groups in total. The van der Waals surface area contributed by atoms with Crippen molar-refractivity contribution in [1.82, 2.24) is 4.90 Å². The van der Waals surface area contributed by atoms with E-state index in [1.807, 2.05) is 38.1 Å². The highest BCUT2D eigenvalue weighted by molar-refractivity contribution is 9.10. The zero-order valence-electron chi connectivity index (χ0n) is 13.0. The van der Waals surface area contributed by atoms with Crippen LogP contribution in [0.2, 0.25) is 0 Å². The lowest BCUT2D eigenvalue weighted by Gasteiger charge is -2.25. The average molecular weight is 358 g/mol. The first-order valence-electron chi connectivity index (χ1n) is 7.44. The van der Waals surface area contributed by atoms with E-state index < -0.39 is 6.10 Å². The van der Waals surface area contributed by atoms with Crippen LogP contribution in [0.25, 0.3) is 21.5 Å². The summed E-state index contributed by atoms with van der Waals surface area (Å²) < 4.78 is 1.10. The molecule has 3 rings (SSSR count). The largest absolute Gasteiger partial charge is 0.387 e. The monoisotopic (exact) mass is 357 g/mol. The van der Waals surface area contributed by atoms with Gasteiger partial charge in [0.15, 0.2) is 0 Å². The van der Waals surface area contributed by atoms with Gasteiger partial charge in [0.1, 0.15) is 0 Å². The molecule has 0 saturated heterocycles. The third-order valence-electron chi connectivity index (χ3n) is 4.45. The number of hydrogen-bond donors (Lipinski definition) is 1. The molecule has 22 heavy (non-hydrogen) atoms. The summed E-state index contributed by atoms with van der Waals surface area (Å²) in [5.41, 5.74) is 0.959. The molecule has 2 atom stereocenters. The lowest BCUT2D eigenvalue weighted by molar-refractivity contribution is 0.0860. The van der Waals surface area contributed by atoms with E-state index in [0.29, 0.717) is 0 Å². The number of rotatable bonds is 3. The van der Waals surface area contributed by atoms with Crippen molar-refractivity contribution in [2.24, 2.45) is 0 Å². The van der Waals surface area contributed by atoms with E-state index in [-0.39, 0.29) is 6.04 Å². The normalized spacial score (nSPS) is 14.6. The number of halogens is 1. The maximum atomic E-state index is 10.6. The van der Waals surface area contributed by atoms with Gasteiger partial charge in [-0.25, -0.2) is 0 Å². The van der Waals surface area contributed by atoms with Gasteiger partial charge in [0, 0.05) is 10.5 Å². The van der Waals surface area contributed by atoms with Crippen molar-refractivity contribution in [2.45, 2.75) is 19.1 Å². The second-order valence-electron chi connectivity index (χ2n) is 6.03. The molecule has 0 spiro atoms. The number of aliphatic hydroxyl groups excluding tert-OH is 1. The topological polar surface area (TPSA) is 23.5 Å². The summed E-state index contributed by atoms with van der Waals surface area (Å²) in [6.45, 7) is 2.04. The first kappa shape index (κ1) is 15.5. The Bertz CT molecular complexity index is 828. The molecule has 0 fully saturated rings. The summed E-state index contributed by atoms with van der Waals surface area (Å²) in [6.07, 6.45) is -0.498. The number of fused-ring (bicyclic) bond motifs is 3. The van der Waals surface area contributed by atoms with Gasteiger partial charge in [-0.2, -0.15) is 0 Å². The van der Waals surface area contributed by atoms with E-state index in [9.17, 15) is 5.11 Å². The maximum absolute atomic E-state index is 10.6. The number of nitrogens with zero attached hydrogens (tertiary/aromatic N) is 1. The number of likely N-dealkylation sites (N-methyl/N-ethyl adjacent to an activating group) is 1. The zero-order chi connectivity index (χ0) is 15.9. The molecule has 3 aromatic carbocycles. The van der Waals surface area contributed by atoms with Crippen LogP contribution in [0.1, 0.15) is 18.6 Å². The summed E-state index contributed by atoms with van der Waals surface area (Å²) >= 11 is 3.65. The van der Waals surface area contributed by atoms with Crippen molar-refractivity contribution < 1.29 is 5.11 Å². The fourth-order valence-electron chi connectivity index (χ4n) is 2.82. The molecule has 0 aliphatic rings. The zero-order valence-corrected chi connectivity index (χ0v) is 14.6. The van der Waals surface area contributed by atoms with Crippen LogP contribution in [0.5, 0.6) is 0 Å². The van der Waals surface area contributed by atoms with Crippen molar-refractivity contribution in [3.63, 3.8) is 0 Å². The number of hydrogen-bond acceptors (Lipinski definition) is 2. The van der Waals surface area contributed by atoms with Gasteiger partial charge < -0.3 is 10.0 Å². The van der Waals surface area contributed by atoms with E-state index in [4.69, 9.17) is 0 Å². The molecule has 3 aromatic rings. The van der Waals surface area contributed by atoms with Crippen LogP contribution in [0.3, 0.4) is 0 Å². The lowest BCUT2D eigenvalue weighted by atomic mass is 9.96. The lowest BCUT2D eigenvalue weighted by Crippen LogP contribution is -2.30. The van der Waals surface area contributed by atoms with Crippen molar-refractivity contribution in [3.8, 4) is 0 Å². The molecule has 0 bridgehead atoms. The Kier molecular flexibility index (Phi) is 4.22. The number of benzene rings is 3. The summed E-state index contributed by atoms with van der Waals surface area (Å²) in [4.78, 5) is 2.04. The van der Waals surface area contributed by atoms with Crippen LogP contribution < -0.4 is 0 Å². The minimum atomic E-state index is -0.498. The van der Waals surface area contributed by atoms with Crippen molar-refractivity contribution in [1.29, 1.82) is 0 Å². The molecule has 2 nitrogen and oxygen atoms in total. The summed E-state index contributed by atoms with van der Waals surface area (Å²) in [5.74, 6) is 0. The van der Waals surface area contributed by atoms with Crippen LogP contribution in [-0.2, 0) is 0 Å². The van der Waals surface area contributed by atoms with Gasteiger partial charge in [-0.1, -0.05) is 52.3 Å². The van der Waals surface area contributed by atoms with E-state index in [1.165, 1.54) is 21.5 Å². The van der Waals surface area contributed by atoms with Crippen LogP contribution in [0.15, 0.2) is 53.0 Å². The Morgan fingerprint density at radius 2 is 1.64 bits per heavy atom. The highest BCUT2D eigenvalue weighted by atomic mass is 79.9. The molecular formula is C19H20BrNO. The Morgan fingerprint density at radius 3 is 2.32 bits per heavy atom. The smallest absolute Gasteiger partial charge is 0.0942 e. The van der Waals surface area contributed by atoms with Gasteiger partial charge in [0.05, 0.1) is 6.10 Å². The summed E-state index contributed by atoms with van der Waals surface area (Å²) in [6, 6.07) is 16.8. The molecule has 0 heterocycles. The molecule has 114 valence electrons. The Labute approximate surface area is 139 Å². The third-order valence-corrected chi connectivity index (χ3v) is 5.10. The average Bonchev–Trinajstić information content (AvgIpc) is 2.53. The van der Waals surface area contributed by atoms with Crippen molar-refractivity contribution in [2.75, 3.05) is 14.1 Å². The summed E-state index contributed by atoms with van der Waals surface area (Å²) in [7, 11) is 3.98. The minimum Gasteiger partial charge on any atom is -0.387 e. The molecule has 0 saturated carbocycles. The molecule has 0 unspecified atom stereocenters. The SMILES string of the molecule is C[C@@H]([C@@H](O)c1ccc2cc(Br)c3ccccc3c2c1)N(C)C. The standard InChI is InChI=1S/C19H20BrNO/c1-12(21(2)3)19(22)14-9-8-13-11-18(20)16-7-5-4-6-15(16)17(13)10-14/h4-12,19,22H,1-3H3/t12-,19+/m0/s1. The summed E-state index contributed by atoms with van der Waals surface area (Å²) in [5, 5.41) is 15.4. The van der Waals surface area contributed by atoms with Crippen LogP contribution >= 0.6 is 15.9 Å².